The number of carbonyl (C=O) groups excluding carboxylic acids is 1. The zero-order chi connectivity index (χ0) is 13.8. The predicted octanol–water partition coefficient (Wildman–Crippen LogP) is 0.686. The lowest BCUT2D eigenvalue weighted by Crippen LogP contribution is -2.41. The number of ether oxygens (including phenoxy) is 1. The van der Waals surface area contributed by atoms with Crippen molar-refractivity contribution >= 4 is 28.7 Å². The zero-order valence-electron chi connectivity index (χ0n) is 11.0. The lowest BCUT2D eigenvalue weighted by Gasteiger charge is -2.23. The summed E-state index contributed by atoms with van der Waals surface area (Å²) in [5.41, 5.74) is 2.80. The van der Waals surface area contributed by atoms with Gasteiger partial charge in [0.25, 0.3) is 0 Å². The zero-order valence-corrected chi connectivity index (χ0v) is 11.8. The SMILES string of the molecule is O=C(CC1CNCCO1)NCc1ccc2nsnc2c1. The van der Waals surface area contributed by atoms with Gasteiger partial charge in [-0.1, -0.05) is 6.07 Å². The van der Waals surface area contributed by atoms with Crippen LogP contribution in [-0.2, 0) is 16.1 Å². The van der Waals surface area contributed by atoms with Crippen molar-refractivity contribution in [1.82, 2.24) is 19.4 Å². The van der Waals surface area contributed by atoms with Gasteiger partial charge < -0.3 is 15.4 Å². The lowest BCUT2D eigenvalue weighted by atomic mass is 10.2. The molecule has 7 heteroatoms. The molecule has 6 nitrogen and oxygen atoms in total. The highest BCUT2D eigenvalue weighted by atomic mass is 32.1. The number of amides is 1. The Hall–Kier alpha value is -1.57. The van der Waals surface area contributed by atoms with Crippen LogP contribution >= 0.6 is 11.7 Å². The summed E-state index contributed by atoms with van der Waals surface area (Å²) in [6, 6.07) is 5.84. The number of fused-ring (bicyclic) bond motifs is 1. The van der Waals surface area contributed by atoms with Gasteiger partial charge in [-0.2, -0.15) is 8.75 Å². The molecule has 0 bridgehead atoms. The van der Waals surface area contributed by atoms with Gasteiger partial charge in [0, 0.05) is 19.6 Å². The molecule has 1 aromatic carbocycles. The van der Waals surface area contributed by atoms with Gasteiger partial charge in [-0.05, 0) is 17.7 Å². The van der Waals surface area contributed by atoms with Gasteiger partial charge in [-0.25, -0.2) is 0 Å². The lowest BCUT2D eigenvalue weighted by molar-refractivity contribution is -0.124. The van der Waals surface area contributed by atoms with Gasteiger partial charge in [-0.15, -0.1) is 0 Å². The fourth-order valence-corrected chi connectivity index (χ4v) is 2.69. The molecule has 2 N–H and O–H groups in total. The van der Waals surface area contributed by atoms with Gasteiger partial charge in [0.15, 0.2) is 0 Å². The molecule has 1 atom stereocenters. The molecule has 0 radical (unpaired) electrons. The predicted molar refractivity (Wildman–Crippen MR) is 76.5 cm³/mol. The number of benzene rings is 1. The number of nitrogens with one attached hydrogen (secondary N) is 2. The Morgan fingerprint density at radius 3 is 3.20 bits per heavy atom. The fourth-order valence-electron chi connectivity index (χ4n) is 2.17. The van der Waals surface area contributed by atoms with Crippen molar-refractivity contribution in [2.75, 3.05) is 19.7 Å². The third-order valence-corrected chi connectivity index (χ3v) is 3.78. The Morgan fingerprint density at radius 1 is 1.45 bits per heavy atom. The quantitative estimate of drug-likeness (QED) is 0.867. The third-order valence-electron chi connectivity index (χ3n) is 3.23. The van der Waals surface area contributed by atoms with Crippen molar-refractivity contribution in [3.8, 4) is 0 Å². The number of morpholine rings is 1. The molecule has 2 heterocycles. The van der Waals surface area contributed by atoms with Crippen LogP contribution in [0.25, 0.3) is 11.0 Å². The van der Waals surface area contributed by atoms with Gasteiger partial charge in [0.05, 0.1) is 30.9 Å². The van der Waals surface area contributed by atoms with Gasteiger partial charge in [-0.3, -0.25) is 4.79 Å². The monoisotopic (exact) mass is 292 g/mol. The number of carbonyl (C=O) groups is 1. The molecule has 1 aromatic heterocycles. The molecule has 0 aliphatic carbocycles. The van der Waals surface area contributed by atoms with Crippen molar-refractivity contribution in [2.45, 2.75) is 19.1 Å². The second kappa shape index (κ2) is 6.25. The molecule has 1 amide bonds. The molecule has 3 rings (SSSR count). The Bertz CT molecular complexity index is 595. The maximum atomic E-state index is 11.9. The molecule has 0 saturated carbocycles. The molecule has 20 heavy (non-hydrogen) atoms. The Morgan fingerprint density at radius 2 is 2.35 bits per heavy atom. The van der Waals surface area contributed by atoms with E-state index in [9.17, 15) is 4.79 Å². The largest absolute Gasteiger partial charge is 0.375 e. The summed E-state index contributed by atoms with van der Waals surface area (Å²) in [5.74, 6) is 0.00944. The molecule has 1 saturated heterocycles. The first kappa shape index (κ1) is 13.4. The van der Waals surface area contributed by atoms with E-state index in [1.807, 2.05) is 18.2 Å². The number of nitrogens with zero attached hydrogens (tertiary/aromatic N) is 2. The van der Waals surface area contributed by atoms with Crippen LogP contribution in [0.5, 0.6) is 0 Å². The second-order valence-electron chi connectivity index (χ2n) is 4.77. The summed E-state index contributed by atoms with van der Waals surface area (Å²) in [6.45, 7) is 2.78. The number of aromatic nitrogens is 2. The van der Waals surface area contributed by atoms with Crippen molar-refractivity contribution < 1.29 is 9.53 Å². The topological polar surface area (TPSA) is 76.1 Å². The van der Waals surface area contributed by atoms with E-state index in [0.717, 1.165) is 29.7 Å². The van der Waals surface area contributed by atoms with Gasteiger partial charge in [0.1, 0.15) is 11.0 Å². The van der Waals surface area contributed by atoms with Crippen LogP contribution in [0.1, 0.15) is 12.0 Å². The third kappa shape index (κ3) is 3.30. The standard InChI is InChI=1S/C13H16N4O2S/c18-13(6-10-8-14-3-4-19-10)15-7-9-1-2-11-12(5-9)17-20-16-11/h1-2,5,10,14H,3-4,6-8H2,(H,15,18). The van der Waals surface area contributed by atoms with Crippen LogP contribution in [0.2, 0.25) is 0 Å². The maximum Gasteiger partial charge on any atom is 0.222 e. The van der Waals surface area contributed by atoms with Crippen LogP contribution in [0.3, 0.4) is 0 Å². The van der Waals surface area contributed by atoms with Crippen molar-refractivity contribution in [3.63, 3.8) is 0 Å². The first-order valence-electron chi connectivity index (χ1n) is 6.61. The van der Waals surface area contributed by atoms with Crippen molar-refractivity contribution in [2.24, 2.45) is 0 Å². The van der Waals surface area contributed by atoms with Crippen LogP contribution in [0, 0.1) is 0 Å². The first-order valence-corrected chi connectivity index (χ1v) is 7.34. The molecule has 1 aliphatic rings. The summed E-state index contributed by atoms with van der Waals surface area (Å²) in [4.78, 5) is 11.9. The molecule has 0 spiro atoms. The summed E-state index contributed by atoms with van der Waals surface area (Å²) < 4.78 is 13.8. The van der Waals surface area contributed by atoms with Crippen molar-refractivity contribution in [1.29, 1.82) is 0 Å². The summed E-state index contributed by atoms with van der Waals surface area (Å²) in [5, 5.41) is 6.12. The molecule has 2 aromatic rings. The van der Waals surface area contributed by atoms with E-state index < -0.39 is 0 Å². The minimum atomic E-state index is -0.0195. The first-order chi connectivity index (χ1) is 9.81. The minimum absolute atomic E-state index is 0.00944. The molecule has 1 aliphatic heterocycles. The van der Waals surface area contributed by atoms with E-state index >= 15 is 0 Å². The minimum Gasteiger partial charge on any atom is -0.375 e. The van der Waals surface area contributed by atoms with Gasteiger partial charge >= 0.3 is 0 Å². The normalized spacial score (nSPS) is 19.1. The van der Waals surface area contributed by atoms with Crippen LogP contribution < -0.4 is 10.6 Å². The van der Waals surface area contributed by atoms with Crippen LogP contribution in [0.4, 0.5) is 0 Å². The Kier molecular flexibility index (Phi) is 4.19. The molecule has 1 unspecified atom stereocenters. The van der Waals surface area contributed by atoms with E-state index in [0.29, 0.717) is 19.6 Å². The average Bonchev–Trinajstić information content (AvgIpc) is 2.93. The fraction of sp³-hybridized carbons (Fsp3) is 0.462. The number of hydrogen-bond donors (Lipinski definition) is 2. The highest BCUT2D eigenvalue weighted by Crippen LogP contribution is 2.13. The maximum absolute atomic E-state index is 11.9. The van der Waals surface area contributed by atoms with Crippen LogP contribution in [-0.4, -0.2) is 40.5 Å². The summed E-state index contributed by atoms with van der Waals surface area (Å²) in [7, 11) is 0. The van der Waals surface area contributed by atoms with Crippen molar-refractivity contribution in [3.05, 3.63) is 23.8 Å². The molecule has 106 valence electrons. The molecular weight excluding hydrogens is 276 g/mol. The number of rotatable bonds is 4. The van der Waals surface area contributed by atoms with E-state index in [1.165, 1.54) is 11.7 Å². The van der Waals surface area contributed by atoms with E-state index in [-0.39, 0.29) is 12.0 Å². The Balaban J connectivity index is 1.51. The van der Waals surface area contributed by atoms with E-state index in [4.69, 9.17) is 4.74 Å². The summed E-state index contributed by atoms with van der Waals surface area (Å²) in [6.07, 6.45) is 0.377. The van der Waals surface area contributed by atoms with E-state index in [1.54, 1.807) is 0 Å². The highest BCUT2D eigenvalue weighted by molar-refractivity contribution is 7.00. The van der Waals surface area contributed by atoms with Gasteiger partial charge in [0.2, 0.25) is 5.91 Å². The highest BCUT2D eigenvalue weighted by Gasteiger charge is 2.17. The number of hydrogen-bond acceptors (Lipinski definition) is 6. The second-order valence-corrected chi connectivity index (χ2v) is 5.29. The molecular formula is C13H16N4O2S. The summed E-state index contributed by atoms with van der Waals surface area (Å²) >= 11 is 1.20. The smallest absolute Gasteiger partial charge is 0.222 e. The van der Waals surface area contributed by atoms with E-state index in [2.05, 4.69) is 19.4 Å². The average molecular weight is 292 g/mol. The Labute approximate surface area is 120 Å². The van der Waals surface area contributed by atoms with Crippen LogP contribution in [0.15, 0.2) is 18.2 Å². The molecule has 1 fully saturated rings.